The first-order chi connectivity index (χ1) is 8.09. The van der Waals surface area contributed by atoms with Gasteiger partial charge in [-0.05, 0) is 26.0 Å². The van der Waals surface area contributed by atoms with Crippen molar-refractivity contribution in [3.05, 3.63) is 41.7 Å². The molecule has 0 spiro atoms. The number of carboxylic acids is 1. The fourth-order valence-corrected chi connectivity index (χ4v) is 1.55. The van der Waals surface area contributed by atoms with Gasteiger partial charge in [0, 0.05) is 0 Å². The van der Waals surface area contributed by atoms with Gasteiger partial charge in [0.1, 0.15) is 0 Å². The van der Waals surface area contributed by atoms with E-state index < -0.39 is 11.9 Å². The van der Waals surface area contributed by atoms with Crippen LogP contribution >= 0.6 is 0 Å². The van der Waals surface area contributed by atoms with Crippen molar-refractivity contribution in [3.8, 4) is 5.69 Å². The summed E-state index contributed by atoms with van der Waals surface area (Å²) in [4.78, 5) is 11.0. The van der Waals surface area contributed by atoms with Crippen LogP contribution in [0.4, 0.5) is 0 Å². The van der Waals surface area contributed by atoms with Crippen LogP contribution in [0.5, 0.6) is 0 Å². The Kier molecular flexibility index (Phi) is 2.91. The summed E-state index contributed by atoms with van der Waals surface area (Å²) in [6.07, 6.45) is 1.48. The fraction of sp³-hybridized carbons (Fsp3) is 0.250. The fourth-order valence-electron chi connectivity index (χ4n) is 1.55. The lowest BCUT2D eigenvalue weighted by Gasteiger charge is -2.09. The molecule has 2 aromatic rings. The largest absolute Gasteiger partial charge is 0.481 e. The van der Waals surface area contributed by atoms with Gasteiger partial charge in [-0.1, -0.05) is 22.9 Å². The van der Waals surface area contributed by atoms with Crippen LogP contribution in [-0.2, 0) is 4.79 Å². The SMILES string of the molecule is Cc1ccc(-n2nncc2C(C)C(=O)O)cc1. The Balaban J connectivity index is 2.43. The summed E-state index contributed by atoms with van der Waals surface area (Å²) in [6.45, 7) is 3.61. The zero-order valence-electron chi connectivity index (χ0n) is 9.66. The van der Waals surface area contributed by atoms with Crippen LogP contribution in [0.25, 0.3) is 5.69 Å². The number of rotatable bonds is 3. The number of nitrogens with zero attached hydrogens (tertiary/aromatic N) is 3. The van der Waals surface area contributed by atoms with Crippen LogP contribution in [0, 0.1) is 6.92 Å². The van der Waals surface area contributed by atoms with Gasteiger partial charge >= 0.3 is 5.97 Å². The van der Waals surface area contributed by atoms with E-state index in [1.54, 1.807) is 11.6 Å². The number of aliphatic carboxylic acids is 1. The third-order valence-corrected chi connectivity index (χ3v) is 2.67. The molecule has 0 aliphatic rings. The number of hydrogen-bond donors (Lipinski definition) is 1. The van der Waals surface area contributed by atoms with Crippen molar-refractivity contribution in [2.24, 2.45) is 0 Å². The maximum atomic E-state index is 11.0. The second kappa shape index (κ2) is 4.37. The van der Waals surface area contributed by atoms with Gasteiger partial charge in [0.2, 0.25) is 0 Å². The smallest absolute Gasteiger partial charge is 0.312 e. The predicted molar refractivity (Wildman–Crippen MR) is 62.1 cm³/mol. The molecule has 1 aromatic carbocycles. The zero-order valence-corrected chi connectivity index (χ0v) is 9.66. The van der Waals surface area contributed by atoms with E-state index in [1.165, 1.54) is 6.20 Å². The summed E-state index contributed by atoms with van der Waals surface area (Å²) < 4.78 is 1.55. The van der Waals surface area contributed by atoms with Gasteiger partial charge in [-0.15, -0.1) is 5.10 Å². The van der Waals surface area contributed by atoms with Crippen LogP contribution in [0.1, 0.15) is 24.1 Å². The Morgan fingerprint density at radius 2 is 2.00 bits per heavy atom. The van der Waals surface area contributed by atoms with Gasteiger partial charge in [-0.25, -0.2) is 4.68 Å². The van der Waals surface area contributed by atoms with Crippen LogP contribution in [0.3, 0.4) is 0 Å². The Morgan fingerprint density at radius 1 is 1.35 bits per heavy atom. The minimum Gasteiger partial charge on any atom is -0.481 e. The molecule has 1 unspecified atom stereocenters. The molecule has 0 fully saturated rings. The summed E-state index contributed by atoms with van der Waals surface area (Å²) in [5.74, 6) is -1.52. The predicted octanol–water partition coefficient (Wildman–Crippen LogP) is 1.76. The van der Waals surface area contributed by atoms with E-state index in [0.29, 0.717) is 5.69 Å². The lowest BCUT2D eigenvalue weighted by molar-refractivity contribution is -0.138. The Labute approximate surface area is 98.7 Å². The zero-order chi connectivity index (χ0) is 12.4. The lowest BCUT2D eigenvalue weighted by Crippen LogP contribution is -2.13. The Morgan fingerprint density at radius 3 is 2.59 bits per heavy atom. The first-order valence-electron chi connectivity index (χ1n) is 5.30. The molecule has 2 rings (SSSR count). The first kappa shape index (κ1) is 11.3. The summed E-state index contributed by atoms with van der Waals surface area (Å²) in [5.41, 5.74) is 2.53. The van der Waals surface area contributed by atoms with Gasteiger partial charge in [-0.2, -0.15) is 0 Å². The maximum absolute atomic E-state index is 11.0. The summed E-state index contributed by atoms with van der Waals surface area (Å²) in [7, 11) is 0. The van der Waals surface area contributed by atoms with Crippen molar-refractivity contribution in [1.29, 1.82) is 0 Å². The van der Waals surface area contributed by atoms with Gasteiger partial charge in [-0.3, -0.25) is 4.79 Å². The van der Waals surface area contributed by atoms with Crippen molar-refractivity contribution < 1.29 is 9.90 Å². The maximum Gasteiger partial charge on any atom is 0.312 e. The molecule has 88 valence electrons. The molecule has 5 heteroatoms. The molecule has 1 aromatic heterocycles. The van der Waals surface area contributed by atoms with Crippen molar-refractivity contribution in [1.82, 2.24) is 15.0 Å². The van der Waals surface area contributed by atoms with Crippen molar-refractivity contribution in [2.75, 3.05) is 0 Å². The molecule has 0 bridgehead atoms. The highest BCUT2D eigenvalue weighted by Crippen LogP contribution is 2.18. The van der Waals surface area contributed by atoms with E-state index in [2.05, 4.69) is 10.3 Å². The van der Waals surface area contributed by atoms with Crippen molar-refractivity contribution in [2.45, 2.75) is 19.8 Å². The Bertz CT molecular complexity index is 531. The van der Waals surface area contributed by atoms with E-state index in [0.717, 1.165) is 11.3 Å². The third kappa shape index (κ3) is 2.18. The van der Waals surface area contributed by atoms with Crippen LogP contribution < -0.4 is 0 Å². The minimum atomic E-state index is -0.888. The molecule has 0 saturated heterocycles. The second-order valence-corrected chi connectivity index (χ2v) is 3.97. The molecule has 1 atom stereocenters. The van der Waals surface area contributed by atoms with Crippen LogP contribution in [-0.4, -0.2) is 26.1 Å². The van der Waals surface area contributed by atoms with Gasteiger partial charge in [0.15, 0.2) is 0 Å². The van der Waals surface area contributed by atoms with E-state index in [9.17, 15) is 4.79 Å². The summed E-state index contributed by atoms with van der Waals surface area (Å²) >= 11 is 0. The quantitative estimate of drug-likeness (QED) is 0.874. The molecule has 1 N–H and O–H groups in total. The summed E-state index contributed by atoms with van der Waals surface area (Å²) in [6, 6.07) is 7.68. The topological polar surface area (TPSA) is 68.0 Å². The molecule has 0 amide bonds. The number of hydrogen-bond acceptors (Lipinski definition) is 3. The summed E-state index contributed by atoms with van der Waals surface area (Å²) in [5, 5.41) is 16.7. The Hall–Kier alpha value is -2.17. The average molecular weight is 231 g/mol. The van der Waals surface area contributed by atoms with Crippen molar-refractivity contribution >= 4 is 5.97 Å². The molecule has 1 heterocycles. The van der Waals surface area contributed by atoms with Gasteiger partial charge in [0.05, 0.1) is 23.5 Å². The number of aromatic nitrogens is 3. The van der Waals surface area contributed by atoms with Crippen molar-refractivity contribution in [3.63, 3.8) is 0 Å². The highest BCUT2D eigenvalue weighted by molar-refractivity contribution is 5.75. The normalized spacial score (nSPS) is 12.4. The van der Waals surface area contributed by atoms with E-state index in [-0.39, 0.29) is 0 Å². The number of carboxylic acid groups (broad SMARTS) is 1. The lowest BCUT2D eigenvalue weighted by atomic mass is 10.1. The monoisotopic (exact) mass is 231 g/mol. The molecular weight excluding hydrogens is 218 g/mol. The van der Waals surface area contributed by atoms with Gasteiger partial charge < -0.3 is 5.11 Å². The van der Waals surface area contributed by atoms with Gasteiger partial charge in [0.25, 0.3) is 0 Å². The molecule has 0 aliphatic heterocycles. The molecular formula is C12H13N3O2. The van der Waals surface area contributed by atoms with E-state index >= 15 is 0 Å². The second-order valence-electron chi connectivity index (χ2n) is 3.97. The first-order valence-corrected chi connectivity index (χ1v) is 5.30. The highest BCUT2D eigenvalue weighted by Gasteiger charge is 2.19. The molecule has 0 saturated carbocycles. The number of aryl methyl sites for hydroxylation is 1. The van der Waals surface area contributed by atoms with Crippen LogP contribution in [0.2, 0.25) is 0 Å². The molecule has 0 radical (unpaired) electrons. The van der Waals surface area contributed by atoms with E-state index in [4.69, 9.17) is 5.11 Å². The number of carbonyl (C=O) groups is 1. The van der Waals surface area contributed by atoms with E-state index in [1.807, 2.05) is 31.2 Å². The third-order valence-electron chi connectivity index (χ3n) is 2.67. The minimum absolute atomic E-state index is 0.571. The average Bonchev–Trinajstić information content (AvgIpc) is 2.77. The molecule has 5 nitrogen and oxygen atoms in total. The molecule has 0 aliphatic carbocycles. The highest BCUT2D eigenvalue weighted by atomic mass is 16.4. The number of benzene rings is 1. The molecule has 17 heavy (non-hydrogen) atoms. The standard InChI is InChI=1S/C12H13N3O2/c1-8-3-5-10(6-4-8)15-11(7-13-14-15)9(2)12(16)17/h3-7,9H,1-2H3,(H,16,17). The van der Waals surface area contributed by atoms with Crippen LogP contribution in [0.15, 0.2) is 30.5 Å².